The summed E-state index contributed by atoms with van der Waals surface area (Å²) < 4.78 is 38.3. The molecule has 0 aliphatic carbocycles. The maximum Gasteiger partial charge on any atom is 0.250 e. The second-order valence-corrected chi connectivity index (χ2v) is 9.41. The summed E-state index contributed by atoms with van der Waals surface area (Å²) in [4.78, 5) is 12.2. The number of nitrogens with one attached hydrogen (secondary N) is 2. The first-order chi connectivity index (χ1) is 12.4. The second kappa shape index (κ2) is 9.36. The largest absolute Gasteiger partial charge is 0.494 e. The van der Waals surface area contributed by atoms with E-state index in [1.54, 1.807) is 24.3 Å². The van der Waals surface area contributed by atoms with Crippen LogP contribution in [0.3, 0.4) is 0 Å². The van der Waals surface area contributed by atoms with Crippen molar-refractivity contribution in [3.63, 3.8) is 0 Å². The van der Waals surface area contributed by atoms with E-state index in [0.29, 0.717) is 34.2 Å². The number of sulfonamides is 1. The minimum absolute atomic E-state index is 0.130. The van der Waals surface area contributed by atoms with Gasteiger partial charge in [-0.25, -0.2) is 13.1 Å². The van der Waals surface area contributed by atoms with E-state index in [1.807, 2.05) is 13.8 Å². The molecular weight excluding hydrogens is 444 g/mol. The van der Waals surface area contributed by atoms with Crippen LogP contribution < -0.4 is 19.5 Å². The first-order valence-electron chi connectivity index (χ1n) is 7.80. The van der Waals surface area contributed by atoms with Gasteiger partial charge in [0.1, 0.15) is 15.7 Å². The molecule has 0 radical (unpaired) electrons. The predicted molar refractivity (Wildman–Crippen MR) is 105 cm³/mol. The number of hydrogen-bond donors (Lipinski definition) is 2. The normalized spacial score (nSPS) is 11.2. The zero-order chi connectivity index (χ0) is 19.2. The maximum absolute atomic E-state index is 12.2. The Kier molecular flexibility index (Phi) is 7.44. The van der Waals surface area contributed by atoms with Crippen LogP contribution in [0, 0.1) is 0 Å². The Morgan fingerprint density at radius 2 is 1.88 bits per heavy atom. The average Bonchev–Trinajstić information content (AvgIpc) is 3.03. The van der Waals surface area contributed by atoms with Gasteiger partial charge in [-0.15, -0.1) is 11.3 Å². The van der Waals surface area contributed by atoms with Gasteiger partial charge in [0.2, 0.25) is 5.91 Å². The second-order valence-electron chi connectivity index (χ2n) is 4.96. The Morgan fingerprint density at radius 1 is 1.15 bits per heavy atom. The molecule has 0 fully saturated rings. The summed E-state index contributed by atoms with van der Waals surface area (Å²) in [6.07, 6.45) is 0. The first-order valence-corrected chi connectivity index (χ1v) is 10.9. The Labute approximate surface area is 164 Å². The Bertz CT molecular complexity index is 867. The molecule has 26 heavy (non-hydrogen) atoms. The summed E-state index contributed by atoms with van der Waals surface area (Å²) in [5.74, 6) is 0.545. The summed E-state index contributed by atoms with van der Waals surface area (Å²) >= 11 is 4.28. The zero-order valence-electron chi connectivity index (χ0n) is 14.2. The molecule has 0 saturated carbocycles. The van der Waals surface area contributed by atoms with Crippen LogP contribution in [-0.4, -0.2) is 34.1 Å². The highest BCUT2D eigenvalue weighted by Crippen LogP contribution is 2.29. The molecule has 0 bridgehead atoms. The van der Waals surface area contributed by atoms with E-state index in [9.17, 15) is 13.2 Å². The number of anilines is 1. The minimum Gasteiger partial charge on any atom is -0.494 e. The van der Waals surface area contributed by atoms with Crippen molar-refractivity contribution in [3.8, 4) is 11.5 Å². The predicted octanol–water partition coefficient (Wildman–Crippen LogP) is 3.23. The van der Waals surface area contributed by atoms with E-state index in [2.05, 4.69) is 26.0 Å². The molecule has 2 aromatic rings. The van der Waals surface area contributed by atoms with Gasteiger partial charge >= 0.3 is 0 Å². The van der Waals surface area contributed by atoms with Gasteiger partial charge in [0, 0.05) is 6.07 Å². The lowest BCUT2D eigenvalue weighted by atomic mass is 10.2. The van der Waals surface area contributed by atoms with Crippen LogP contribution in [0.2, 0.25) is 0 Å². The third-order valence-corrected chi connectivity index (χ3v) is 6.59. The molecule has 1 aromatic heterocycles. The highest BCUT2D eigenvalue weighted by atomic mass is 79.9. The molecule has 142 valence electrons. The Hall–Kier alpha value is -1.62. The molecule has 1 aromatic carbocycles. The number of benzene rings is 1. The standard InChI is InChI=1S/C16H19BrN2O5S2/c1-3-23-11-5-6-13(24-4-2)12(9-11)19-15(20)10-18-26(21,22)16-8-7-14(17)25-16/h5-9,18H,3-4,10H2,1-2H3,(H,19,20). The van der Waals surface area contributed by atoms with Crippen LogP contribution in [0.15, 0.2) is 38.3 Å². The number of ether oxygens (including phenoxy) is 2. The number of carbonyl (C=O) groups is 1. The highest BCUT2D eigenvalue weighted by Gasteiger charge is 2.18. The molecule has 2 N–H and O–H groups in total. The van der Waals surface area contributed by atoms with Crippen LogP contribution in [0.1, 0.15) is 13.8 Å². The van der Waals surface area contributed by atoms with Gasteiger partial charge in [0.15, 0.2) is 0 Å². The van der Waals surface area contributed by atoms with Crippen molar-refractivity contribution in [2.45, 2.75) is 18.1 Å². The van der Waals surface area contributed by atoms with Gasteiger partial charge in [-0.1, -0.05) is 0 Å². The van der Waals surface area contributed by atoms with Crippen molar-refractivity contribution < 1.29 is 22.7 Å². The molecule has 0 aliphatic rings. The molecule has 2 rings (SSSR count). The number of hydrogen-bond acceptors (Lipinski definition) is 6. The zero-order valence-corrected chi connectivity index (χ0v) is 17.5. The Balaban J connectivity index is 2.05. The van der Waals surface area contributed by atoms with Crippen molar-refractivity contribution in [2.24, 2.45) is 0 Å². The SMILES string of the molecule is CCOc1ccc(OCC)c(NC(=O)CNS(=O)(=O)c2ccc(Br)s2)c1. The molecule has 1 amide bonds. The third kappa shape index (κ3) is 5.70. The van der Waals surface area contributed by atoms with Gasteiger partial charge in [-0.2, -0.15) is 0 Å². The summed E-state index contributed by atoms with van der Waals surface area (Å²) in [5.41, 5.74) is 0.417. The fraction of sp³-hybridized carbons (Fsp3) is 0.312. The maximum atomic E-state index is 12.2. The lowest BCUT2D eigenvalue weighted by molar-refractivity contribution is -0.115. The van der Waals surface area contributed by atoms with Gasteiger partial charge in [-0.05, 0) is 54.0 Å². The summed E-state index contributed by atoms with van der Waals surface area (Å²) in [6.45, 7) is 4.19. The van der Waals surface area contributed by atoms with Crippen LogP contribution in [0.5, 0.6) is 11.5 Å². The highest BCUT2D eigenvalue weighted by molar-refractivity contribution is 9.11. The molecule has 0 unspecified atom stereocenters. The van der Waals surface area contributed by atoms with E-state index < -0.39 is 22.5 Å². The lowest BCUT2D eigenvalue weighted by Gasteiger charge is -2.13. The number of amides is 1. The van der Waals surface area contributed by atoms with E-state index in [-0.39, 0.29) is 4.21 Å². The van der Waals surface area contributed by atoms with Gasteiger partial charge in [0.25, 0.3) is 10.0 Å². The average molecular weight is 463 g/mol. The monoisotopic (exact) mass is 462 g/mol. The van der Waals surface area contributed by atoms with E-state index in [0.717, 1.165) is 11.3 Å². The molecular formula is C16H19BrN2O5S2. The summed E-state index contributed by atoms with van der Waals surface area (Å²) in [5, 5.41) is 2.65. The van der Waals surface area contributed by atoms with Crippen LogP contribution in [0.4, 0.5) is 5.69 Å². The number of thiophene rings is 1. The number of carbonyl (C=O) groups excluding carboxylic acids is 1. The topological polar surface area (TPSA) is 93.7 Å². The van der Waals surface area contributed by atoms with Gasteiger partial charge in [0.05, 0.1) is 29.2 Å². The van der Waals surface area contributed by atoms with Gasteiger partial charge < -0.3 is 14.8 Å². The third-order valence-electron chi connectivity index (χ3n) is 3.07. The van der Waals surface area contributed by atoms with E-state index in [1.165, 1.54) is 6.07 Å². The van der Waals surface area contributed by atoms with Crippen molar-refractivity contribution >= 4 is 48.9 Å². The van der Waals surface area contributed by atoms with Crippen LogP contribution >= 0.6 is 27.3 Å². The summed E-state index contributed by atoms with van der Waals surface area (Å²) in [7, 11) is -3.74. The Morgan fingerprint density at radius 3 is 2.50 bits per heavy atom. The smallest absolute Gasteiger partial charge is 0.250 e. The van der Waals surface area contributed by atoms with E-state index >= 15 is 0 Å². The lowest BCUT2D eigenvalue weighted by Crippen LogP contribution is -2.32. The fourth-order valence-corrected chi connectivity index (χ4v) is 5.05. The molecule has 0 atom stereocenters. The summed E-state index contributed by atoms with van der Waals surface area (Å²) in [6, 6.07) is 8.16. The number of halogens is 1. The molecule has 0 aliphatic heterocycles. The van der Waals surface area contributed by atoms with Crippen LogP contribution in [0.25, 0.3) is 0 Å². The number of rotatable bonds is 9. The van der Waals surface area contributed by atoms with Crippen LogP contribution in [-0.2, 0) is 14.8 Å². The van der Waals surface area contributed by atoms with Crippen molar-refractivity contribution in [3.05, 3.63) is 34.1 Å². The van der Waals surface area contributed by atoms with Gasteiger partial charge in [-0.3, -0.25) is 4.79 Å². The van der Waals surface area contributed by atoms with Crippen molar-refractivity contribution in [1.82, 2.24) is 4.72 Å². The molecule has 0 spiro atoms. The fourth-order valence-electron chi connectivity index (χ4n) is 2.01. The quantitative estimate of drug-likeness (QED) is 0.596. The molecule has 0 saturated heterocycles. The van der Waals surface area contributed by atoms with Crippen molar-refractivity contribution in [1.29, 1.82) is 0 Å². The molecule has 1 heterocycles. The molecule has 10 heteroatoms. The first kappa shape index (κ1) is 20.7. The minimum atomic E-state index is -3.74. The van der Waals surface area contributed by atoms with E-state index in [4.69, 9.17) is 9.47 Å². The molecule has 7 nitrogen and oxygen atoms in total. The van der Waals surface area contributed by atoms with Crippen molar-refractivity contribution in [2.75, 3.05) is 25.1 Å².